The van der Waals surface area contributed by atoms with Crippen molar-refractivity contribution in [3.63, 3.8) is 0 Å². The summed E-state index contributed by atoms with van der Waals surface area (Å²) in [6.45, 7) is 0. The van der Waals surface area contributed by atoms with E-state index >= 15 is 0 Å². The van der Waals surface area contributed by atoms with Gasteiger partial charge in [-0.25, -0.2) is 0 Å². The van der Waals surface area contributed by atoms with Gasteiger partial charge in [0.2, 0.25) is 5.91 Å². The molecule has 0 saturated heterocycles. The number of hydrogen-bond donors (Lipinski definition) is 2. The summed E-state index contributed by atoms with van der Waals surface area (Å²) in [7, 11) is 0. The summed E-state index contributed by atoms with van der Waals surface area (Å²) in [6.07, 6.45) is 1.89. The zero-order chi connectivity index (χ0) is 15.4. The van der Waals surface area contributed by atoms with E-state index in [0.29, 0.717) is 5.56 Å². The number of nitro benzene ring substituents is 1. The van der Waals surface area contributed by atoms with Crippen molar-refractivity contribution in [2.75, 3.05) is 0 Å². The summed E-state index contributed by atoms with van der Waals surface area (Å²) in [6, 6.07) is 5.42. The third kappa shape index (κ3) is 4.55. The molecule has 1 aromatic rings. The lowest BCUT2D eigenvalue weighted by Gasteiger charge is -2.16. The quantitative estimate of drug-likeness (QED) is 0.584. The van der Waals surface area contributed by atoms with Crippen LogP contribution in [0.25, 0.3) is 0 Å². The number of carbonyl (C=O) groups excluding carboxylic acids is 1. The van der Waals surface area contributed by atoms with Gasteiger partial charge in [-0.1, -0.05) is 12.1 Å². The SMILES string of the molecule is O=C(O)CC(NC(=O)Cc1ccc([N+](=O)[O-])cc1)C1CC1. The molecule has 7 heteroatoms. The van der Waals surface area contributed by atoms with Crippen molar-refractivity contribution in [1.29, 1.82) is 0 Å². The normalized spacial score (nSPS) is 15.2. The molecule has 0 spiro atoms. The number of non-ortho nitro benzene ring substituents is 1. The molecule has 0 bridgehead atoms. The minimum absolute atomic E-state index is 0.0270. The van der Waals surface area contributed by atoms with Crippen LogP contribution in [0.3, 0.4) is 0 Å². The second kappa shape index (κ2) is 6.34. The Hall–Kier alpha value is -2.44. The van der Waals surface area contributed by atoms with E-state index in [4.69, 9.17) is 5.11 Å². The molecule has 0 heterocycles. The van der Waals surface area contributed by atoms with Crippen LogP contribution in [-0.2, 0) is 16.0 Å². The number of carboxylic acid groups (broad SMARTS) is 1. The van der Waals surface area contributed by atoms with E-state index in [9.17, 15) is 19.7 Å². The molecule has 1 unspecified atom stereocenters. The summed E-state index contributed by atoms with van der Waals surface area (Å²) in [5, 5.41) is 22.1. The second-order valence-corrected chi connectivity index (χ2v) is 5.21. The van der Waals surface area contributed by atoms with Crippen LogP contribution in [0.4, 0.5) is 5.69 Å². The van der Waals surface area contributed by atoms with Crippen LogP contribution in [-0.4, -0.2) is 27.9 Å². The van der Waals surface area contributed by atoms with Crippen LogP contribution in [0, 0.1) is 16.0 Å². The molecular weight excluding hydrogens is 276 g/mol. The number of nitrogens with one attached hydrogen (secondary N) is 1. The molecule has 2 rings (SSSR count). The Morgan fingerprint density at radius 1 is 1.33 bits per heavy atom. The van der Waals surface area contributed by atoms with Crippen LogP contribution in [0.5, 0.6) is 0 Å². The number of carboxylic acids is 1. The van der Waals surface area contributed by atoms with Gasteiger partial charge >= 0.3 is 5.97 Å². The van der Waals surface area contributed by atoms with Crippen molar-refractivity contribution >= 4 is 17.6 Å². The molecule has 0 radical (unpaired) electrons. The van der Waals surface area contributed by atoms with Gasteiger partial charge in [0.15, 0.2) is 0 Å². The van der Waals surface area contributed by atoms with Gasteiger partial charge in [-0.2, -0.15) is 0 Å². The highest BCUT2D eigenvalue weighted by molar-refractivity contribution is 5.79. The van der Waals surface area contributed by atoms with Gasteiger partial charge in [-0.15, -0.1) is 0 Å². The summed E-state index contributed by atoms with van der Waals surface area (Å²) >= 11 is 0. The maximum atomic E-state index is 11.9. The summed E-state index contributed by atoms with van der Waals surface area (Å²) in [5.74, 6) is -0.938. The molecule has 0 aromatic heterocycles. The number of aliphatic carboxylic acids is 1. The molecule has 1 amide bonds. The fraction of sp³-hybridized carbons (Fsp3) is 0.429. The van der Waals surface area contributed by atoms with Crippen LogP contribution >= 0.6 is 0 Å². The molecule has 21 heavy (non-hydrogen) atoms. The van der Waals surface area contributed by atoms with Crippen molar-refractivity contribution in [3.8, 4) is 0 Å². The van der Waals surface area contributed by atoms with Gasteiger partial charge in [-0.3, -0.25) is 19.7 Å². The van der Waals surface area contributed by atoms with Gasteiger partial charge in [-0.05, 0) is 24.3 Å². The largest absolute Gasteiger partial charge is 0.481 e. The lowest BCUT2D eigenvalue weighted by molar-refractivity contribution is -0.384. The fourth-order valence-electron chi connectivity index (χ4n) is 2.20. The van der Waals surface area contributed by atoms with E-state index in [1.54, 1.807) is 0 Å². The smallest absolute Gasteiger partial charge is 0.305 e. The number of hydrogen-bond acceptors (Lipinski definition) is 4. The Balaban J connectivity index is 1.90. The molecular formula is C14H16N2O5. The maximum Gasteiger partial charge on any atom is 0.305 e. The summed E-state index contributed by atoms with van der Waals surface area (Å²) < 4.78 is 0. The first kappa shape index (κ1) is 15.0. The van der Waals surface area contributed by atoms with E-state index in [2.05, 4.69) is 5.32 Å². The van der Waals surface area contributed by atoms with Crippen LogP contribution in [0.2, 0.25) is 0 Å². The fourth-order valence-corrected chi connectivity index (χ4v) is 2.20. The third-order valence-electron chi connectivity index (χ3n) is 3.44. The number of nitro groups is 1. The second-order valence-electron chi connectivity index (χ2n) is 5.21. The number of nitrogens with zero attached hydrogens (tertiary/aromatic N) is 1. The summed E-state index contributed by atoms with van der Waals surface area (Å²) in [5.41, 5.74) is 0.629. The van der Waals surface area contributed by atoms with Crippen LogP contribution in [0.15, 0.2) is 24.3 Å². The first-order valence-electron chi connectivity index (χ1n) is 6.70. The molecule has 1 aromatic carbocycles. The molecule has 1 fully saturated rings. The van der Waals surface area contributed by atoms with Gasteiger partial charge < -0.3 is 10.4 Å². The number of rotatable bonds is 7. The highest BCUT2D eigenvalue weighted by Crippen LogP contribution is 2.34. The van der Waals surface area contributed by atoms with Crippen LogP contribution < -0.4 is 5.32 Å². The van der Waals surface area contributed by atoms with Gasteiger partial charge in [0.05, 0.1) is 17.8 Å². The Labute approximate surface area is 121 Å². The first-order valence-corrected chi connectivity index (χ1v) is 6.70. The molecule has 1 aliphatic carbocycles. The molecule has 2 N–H and O–H groups in total. The van der Waals surface area contributed by atoms with Crippen molar-refractivity contribution < 1.29 is 19.6 Å². The Morgan fingerprint density at radius 3 is 2.43 bits per heavy atom. The monoisotopic (exact) mass is 292 g/mol. The number of benzene rings is 1. The standard InChI is InChI=1S/C14H16N2O5/c17-13(15-12(8-14(18)19)10-3-4-10)7-9-1-5-11(6-2-9)16(20)21/h1-2,5-6,10,12H,3-4,7-8H2,(H,15,17)(H,18,19). The average molecular weight is 292 g/mol. The predicted octanol–water partition coefficient (Wildman–Crippen LogP) is 1.51. The van der Waals surface area contributed by atoms with E-state index in [1.807, 2.05) is 0 Å². The zero-order valence-corrected chi connectivity index (χ0v) is 11.3. The Bertz CT molecular complexity index is 551. The molecule has 1 saturated carbocycles. The molecule has 7 nitrogen and oxygen atoms in total. The van der Waals surface area contributed by atoms with E-state index in [-0.39, 0.29) is 36.4 Å². The maximum absolute atomic E-state index is 11.9. The summed E-state index contributed by atoms with van der Waals surface area (Å²) in [4.78, 5) is 32.7. The van der Waals surface area contributed by atoms with Crippen molar-refractivity contribution in [2.45, 2.75) is 31.7 Å². The van der Waals surface area contributed by atoms with E-state index in [1.165, 1.54) is 24.3 Å². The van der Waals surface area contributed by atoms with E-state index < -0.39 is 10.9 Å². The minimum Gasteiger partial charge on any atom is -0.481 e. The first-order chi connectivity index (χ1) is 9.95. The third-order valence-corrected chi connectivity index (χ3v) is 3.44. The highest BCUT2D eigenvalue weighted by Gasteiger charge is 2.33. The van der Waals surface area contributed by atoms with Crippen molar-refractivity contribution in [3.05, 3.63) is 39.9 Å². The highest BCUT2D eigenvalue weighted by atomic mass is 16.6. The lowest BCUT2D eigenvalue weighted by atomic mass is 10.1. The Morgan fingerprint density at radius 2 is 1.95 bits per heavy atom. The minimum atomic E-state index is -0.928. The Kier molecular flexibility index (Phi) is 4.52. The number of amides is 1. The number of carbonyl (C=O) groups is 2. The average Bonchev–Trinajstić information content (AvgIpc) is 3.22. The van der Waals surface area contributed by atoms with Crippen molar-refractivity contribution in [2.24, 2.45) is 5.92 Å². The van der Waals surface area contributed by atoms with Gasteiger partial charge in [0, 0.05) is 18.2 Å². The zero-order valence-electron chi connectivity index (χ0n) is 11.3. The lowest BCUT2D eigenvalue weighted by Crippen LogP contribution is -2.38. The van der Waals surface area contributed by atoms with Crippen molar-refractivity contribution in [1.82, 2.24) is 5.32 Å². The van der Waals surface area contributed by atoms with E-state index in [0.717, 1.165) is 12.8 Å². The van der Waals surface area contributed by atoms with Gasteiger partial charge in [0.25, 0.3) is 5.69 Å². The topological polar surface area (TPSA) is 110 Å². The molecule has 112 valence electrons. The molecule has 0 aliphatic heterocycles. The van der Waals surface area contributed by atoms with Gasteiger partial charge in [0.1, 0.15) is 0 Å². The van der Waals surface area contributed by atoms with Crippen LogP contribution in [0.1, 0.15) is 24.8 Å². The molecule has 1 atom stereocenters. The molecule has 1 aliphatic rings. The predicted molar refractivity (Wildman–Crippen MR) is 73.7 cm³/mol.